The average molecular weight is 286 g/mol. The van der Waals surface area contributed by atoms with Gasteiger partial charge in [0, 0.05) is 0 Å². The van der Waals surface area contributed by atoms with Crippen molar-refractivity contribution in [2.24, 2.45) is 0 Å². The van der Waals surface area contributed by atoms with Crippen LogP contribution in [-0.2, 0) is 13.6 Å². The molecule has 0 aromatic carbocycles. The van der Waals surface area contributed by atoms with Crippen LogP contribution in [0.1, 0.15) is 39.0 Å². The molecule has 106 valence electrons. The molecule has 0 radical (unpaired) electrons. The number of hydrogen-bond donors (Lipinski definition) is 1. The molecule has 2 aliphatic rings. The van der Waals surface area contributed by atoms with E-state index in [9.17, 15) is 4.57 Å². The summed E-state index contributed by atoms with van der Waals surface area (Å²) in [5.74, 6) is 0. The van der Waals surface area contributed by atoms with E-state index < -0.39 is 12.9 Å². The first-order chi connectivity index (χ1) is 9.14. The van der Waals surface area contributed by atoms with Crippen molar-refractivity contribution in [3.05, 3.63) is 12.7 Å². The van der Waals surface area contributed by atoms with E-state index >= 15 is 0 Å². The molecule has 1 aliphatic heterocycles. The monoisotopic (exact) mass is 286 g/mol. The SMILES string of the molecule is C[C@H]1CO[P@](=O)(C2(Nn3cnnc3)CCCCC2)O1. The van der Waals surface area contributed by atoms with Crippen molar-refractivity contribution >= 4 is 7.60 Å². The summed E-state index contributed by atoms with van der Waals surface area (Å²) < 4.78 is 25.9. The highest BCUT2D eigenvalue weighted by molar-refractivity contribution is 7.56. The zero-order valence-electron chi connectivity index (χ0n) is 11.0. The van der Waals surface area contributed by atoms with Crippen LogP contribution in [-0.4, -0.2) is 32.9 Å². The van der Waals surface area contributed by atoms with Gasteiger partial charge >= 0.3 is 7.60 Å². The van der Waals surface area contributed by atoms with Gasteiger partial charge in [0.05, 0.1) is 12.7 Å². The van der Waals surface area contributed by atoms with E-state index in [0.717, 1.165) is 32.1 Å². The molecule has 7 nitrogen and oxygen atoms in total. The maximum absolute atomic E-state index is 13.1. The van der Waals surface area contributed by atoms with Crippen LogP contribution in [0.4, 0.5) is 0 Å². The van der Waals surface area contributed by atoms with Crippen molar-refractivity contribution < 1.29 is 13.6 Å². The van der Waals surface area contributed by atoms with Crippen molar-refractivity contribution in [1.29, 1.82) is 0 Å². The number of nitrogens with zero attached hydrogens (tertiary/aromatic N) is 3. The smallest absolute Gasteiger partial charge is 0.305 e. The Bertz CT molecular complexity index is 472. The van der Waals surface area contributed by atoms with Crippen LogP contribution < -0.4 is 5.43 Å². The first-order valence-electron chi connectivity index (χ1n) is 6.69. The van der Waals surface area contributed by atoms with Gasteiger partial charge in [-0.15, -0.1) is 10.2 Å². The molecule has 1 aromatic rings. The zero-order chi connectivity index (χ0) is 13.3. The molecule has 0 spiro atoms. The molecule has 2 heterocycles. The van der Waals surface area contributed by atoms with E-state index in [0.29, 0.717) is 6.61 Å². The molecule has 1 aliphatic carbocycles. The van der Waals surface area contributed by atoms with Crippen LogP contribution in [0.5, 0.6) is 0 Å². The third-order valence-corrected chi connectivity index (χ3v) is 6.48. The minimum absolute atomic E-state index is 0.118. The first kappa shape index (κ1) is 13.1. The molecule has 2 fully saturated rings. The Kier molecular flexibility index (Phi) is 3.37. The minimum Gasteiger partial charge on any atom is -0.305 e. The highest BCUT2D eigenvalue weighted by Gasteiger charge is 2.55. The summed E-state index contributed by atoms with van der Waals surface area (Å²) in [6.07, 6.45) is 7.73. The maximum atomic E-state index is 13.1. The van der Waals surface area contributed by atoms with Gasteiger partial charge in [-0.25, -0.2) is 4.68 Å². The van der Waals surface area contributed by atoms with Crippen LogP contribution in [0.3, 0.4) is 0 Å². The Hall–Kier alpha value is -0.910. The minimum atomic E-state index is -3.16. The molecule has 2 atom stereocenters. The van der Waals surface area contributed by atoms with E-state index in [1.54, 1.807) is 17.3 Å². The van der Waals surface area contributed by atoms with Crippen molar-refractivity contribution in [2.75, 3.05) is 12.0 Å². The highest BCUT2D eigenvalue weighted by atomic mass is 31.2. The lowest BCUT2D eigenvalue weighted by Gasteiger charge is -2.40. The third kappa shape index (κ3) is 2.30. The second-order valence-electron chi connectivity index (χ2n) is 5.28. The van der Waals surface area contributed by atoms with Gasteiger partial charge in [-0.2, -0.15) is 0 Å². The number of hydrogen-bond acceptors (Lipinski definition) is 6. The first-order valence-corrected chi connectivity index (χ1v) is 8.24. The van der Waals surface area contributed by atoms with E-state index in [4.69, 9.17) is 9.05 Å². The molecule has 1 saturated heterocycles. The lowest BCUT2D eigenvalue weighted by Crippen LogP contribution is -2.44. The predicted molar refractivity (Wildman–Crippen MR) is 69.3 cm³/mol. The largest absolute Gasteiger partial charge is 0.357 e. The third-order valence-electron chi connectivity index (χ3n) is 3.76. The molecular formula is C11H19N4O3P. The molecule has 0 bridgehead atoms. The second kappa shape index (κ2) is 4.89. The van der Waals surface area contributed by atoms with Crippen LogP contribution in [0, 0.1) is 0 Å². The summed E-state index contributed by atoms with van der Waals surface area (Å²) in [6.45, 7) is 2.28. The summed E-state index contributed by atoms with van der Waals surface area (Å²) >= 11 is 0. The maximum Gasteiger partial charge on any atom is 0.357 e. The van der Waals surface area contributed by atoms with Gasteiger partial charge < -0.3 is 14.5 Å². The highest BCUT2D eigenvalue weighted by Crippen LogP contribution is 2.67. The zero-order valence-corrected chi connectivity index (χ0v) is 11.9. The fourth-order valence-electron chi connectivity index (χ4n) is 2.81. The molecule has 1 N–H and O–H groups in total. The van der Waals surface area contributed by atoms with Crippen molar-refractivity contribution in [3.63, 3.8) is 0 Å². The quantitative estimate of drug-likeness (QED) is 0.857. The summed E-state index contributed by atoms with van der Waals surface area (Å²) in [5, 5.41) is 6.87. The van der Waals surface area contributed by atoms with E-state index in [-0.39, 0.29) is 6.10 Å². The van der Waals surface area contributed by atoms with Gasteiger partial charge in [-0.05, 0) is 19.8 Å². The topological polar surface area (TPSA) is 78.3 Å². The van der Waals surface area contributed by atoms with Crippen molar-refractivity contribution in [3.8, 4) is 0 Å². The van der Waals surface area contributed by atoms with Crippen molar-refractivity contribution in [1.82, 2.24) is 14.9 Å². The molecule has 19 heavy (non-hydrogen) atoms. The van der Waals surface area contributed by atoms with E-state index in [2.05, 4.69) is 15.6 Å². The lowest BCUT2D eigenvalue weighted by molar-refractivity contribution is 0.241. The van der Waals surface area contributed by atoms with Gasteiger partial charge in [0.1, 0.15) is 12.7 Å². The molecule has 8 heteroatoms. The molecule has 1 aromatic heterocycles. The molecule has 0 unspecified atom stereocenters. The van der Waals surface area contributed by atoms with Gasteiger partial charge in [0.15, 0.2) is 5.28 Å². The van der Waals surface area contributed by atoms with Gasteiger partial charge in [0.2, 0.25) is 0 Å². The standard InChI is InChI=1S/C11H19N4O3P/c1-10-7-17-19(16,18-10)11(5-3-2-4-6-11)14-15-8-12-13-9-15/h8-10,14H,2-7H2,1H3/t10-,19+/m0/s1. The lowest BCUT2D eigenvalue weighted by atomic mass is 9.95. The van der Waals surface area contributed by atoms with Gasteiger partial charge in [-0.3, -0.25) is 4.57 Å². The van der Waals surface area contributed by atoms with Crippen LogP contribution in [0.2, 0.25) is 0 Å². The Morgan fingerprint density at radius 1 is 1.32 bits per heavy atom. The Morgan fingerprint density at radius 3 is 2.58 bits per heavy atom. The summed E-state index contributed by atoms with van der Waals surface area (Å²) in [6, 6.07) is 0. The second-order valence-corrected chi connectivity index (χ2v) is 7.60. The summed E-state index contributed by atoms with van der Waals surface area (Å²) in [5.41, 5.74) is 3.26. The number of nitrogens with one attached hydrogen (secondary N) is 1. The van der Waals surface area contributed by atoms with Gasteiger partial charge in [-0.1, -0.05) is 19.3 Å². The number of aromatic nitrogens is 3. The molecular weight excluding hydrogens is 267 g/mol. The average Bonchev–Trinajstić information content (AvgIpc) is 3.01. The fraction of sp³-hybridized carbons (Fsp3) is 0.818. The van der Waals surface area contributed by atoms with E-state index in [1.165, 1.54) is 0 Å². The number of rotatable bonds is 3. The fourth-order valence-corrected chi connectivity index (χ4v) is 5.36. The molecule has 1 saturated carbocycles. The van der Waals surface area contributed by atoms with Crippen LogP contribution >= 0.6 is 7.60 Å². The Balaban J connectivity index is 1.90. The summed E-state index contributed by atoms with van der Waals surface area (Å²) in [7, 11) is -3.16. The molecule has 3 rings (SSSR count). The predicted octanol–water partition coefficient (Wildman–Crippen LogP) is 2.11. The van der Waals surface area contributed by atoms with Gasteiger partial charge in [0.25, 0.3) is 0 Å². The molecule has 0 amide bonds. The van der Waals surface area contributed by atoms with Crippen molar-refractivity contribution in [2.45, 2.75) is 50.4 Å². The Morgan fingerprint density at radius 2 is 2.00 bits per heavy atom. The normalized spacial score (nSPS) is 34.3. The summed E-state index contributed by atoms with van der Waals surface area (Å²) in [4.78, 5) is 0. The van der Waals surface area contributed by atoms with E-state index in [1.807, 2.05) is 6.92 Å². The van der Waals surface area contributed by atoms with Crippen LogP contribution in [0.25, 0.3) is 0 Å². The van der Waals surface area contributed by atoms with Crippen LogP contribution in [0.15, 0.2) is 12.7 Å². The Labute approximate surface area is 112 Å².